The van der Waals surface area contributed by atoms with Gasteiger partial charge >= 0.3 is 7.12 Å². The molecule has 3 heterocycles. The second-order valence-corrected chi connectivity index (χ2v) is 5.93. The van der Waals surface area contributed by atoms with Crippen molar-refractivity contribution in [2.24, 2.45) is 0 Å². The third kappa shape index (κ3) is 2.15. The van der Waals surface area contributed by atoms with Crippen molar-refractivity contribution in [2.45, 2.75) is 38.9 Å². The third-order valence-electron chi connectivity index (χ3n) is 4.00. The summed E-state index contributed by atoms with van der Waals surface area (Å²) < 4.78 is 17.1. The first-order valence-electron chi connectivity index (χ1n) is 6.59. The largest absolute Gasteiger partial charge is 0.514 e. The van der Waals surface area contributed by atoms with Gasteiger partial charge < -0.3 is 13.7 Å². The maximum atomic E-state index is 5.99. The minimum absolute atomic E-state index is 0.377. The Balaban J connectivity index is 1.91. The number of hydrogen-bond donors (Lipinski definition) is 0. The molecule has 2 aromatic rings. The van der Waals surface area contributed by atoms with E-state index >= 15 is 0 Å². The summed E-state index contributed by atoms with van der Waals surface area (Å²) in [5.74, 6) is 0. The Morgan fingerprint density at radius 1 is 1.05 bits per heavy atom. The Hall–Kier alpha value is -1.66. The Morgan fingerprint density at radius 2 is 1.75 bits per heavy atom. The van der Waals surface area contributed by atoms with Crippen LogP contribution < -0.4 is 5.59 Å². The van der Waals surface area contributed by atoms with E-state index in [0.29, 0.717) is 0 Å². The van der Waals surface area contributed by atoms with E-state index in [0.717, 1.165) is 16.9 Å². The molecule has 3 rings (SSSR count). The van der Waals surface area contributed by atoms with Gasteiger partial charge in [-0.25, -0.2) is 9.97 Å². The molecule has 0 aliphatic carbocycles. The van der Waals surface area contributed by atoms with Crippen LogP contribution in [0.25, 0.3) is 11.3 Å². The summed E-state index contributed by atoms with van der Waals surface area (Å²) >= 11 is 0. The molecule has 0 saturated carbocycles. The predicted octanol–water partition coefficient (Wildman–Crippen LogP) is 2.04. The van der Waals surface area contributed by atoms with Crippen LogP contribution in [0.15, 0.2) is 35.4 Å². The van der Waals surface area contributed by atoms with Gasteiger partial charge in [0.05, 0.1) is 35.0 Å². The van der Waals surface area contributed by atoms with E-state index in [2.05, 4.69) is 9.97 Å². The van der Waals surface area contributed by atoms with E-state index in [4.69, 9.17) is 13.7 Å². The molecule has 0 bridgehead atoms. The van der Waals surface area contributed by atoms with Gasteiger partial charge in [0.2, 0.25) is 0 Å². The molecule has 0 radical (unpaired) electrons. The summed E-state index contributed by atoms with van der Waals surface area (Å²) in [4.78, 5) is 8.51. The average molecular weight is 272 g/mol. The van der Waals surface area contributed by atoms with Crippen LogP contribution in [0, 0.1) is 0 Å². The smallest absolute Gasteiger partial charge is 0.472 e. The van der Waals surface area contributed by atoms with Gasteiger partial charge in [-0.05, 0) is 39.8 Å². The molecular formula is C14H17BN2O3. The van der Waals surface area contributed by atoms with Crippen molar-refractivity contribution in [2.75, 3.05) is 0 Å². The van der Waals surface area contributed by atoms with Crippen LogP contribution in [0.5, 0.6) is 0 Å². The van der Waals surface area contributed by atoms with E-state index in [1.54, 1.807) is 12.5 Å². The van der Waals surface area contributed by atoms with E-state index in [-0.39, 0.29) is 11.2 Å². The highest BCUT2D eigenvalue weighted by molar-refractivity contribution is 6.61. The standard InChI is InChI=1S/C14H17BN2O3/c1-13(2)14(3,4)20-15(19-13)12-7-11(16-9-17-12)10-5-6-18-8-10/h5-9H,1-4H3. The molecule has 1 aliphatic heterocycles. The first-order chi connectivity index (χ1) is 9.39. The number of nitrogens with zero attached hydrogens (tertiary/aromatic N) is 2. The minimum atomic E-state index is -0.478. The number of aromatic nitrogens is 2. The summed E-state index contributed by atoms with van der Waals surface area (Å²) in [5.41, 5.74) is 1.66. The SMILES string of the molecule is CC1(C)OB(c2cc(-c3ccoc3)ncn2)OC1(C)C. The molecule has 0 amide bonds. The highest BCUT2D eigenvalue weighted by atomic mass is 16.7. The molecule has 0 aromatic carbocycles. The van der Waals surface area contributed by atoms with Gasteiger partial charge in [0, 0.05) is 5.56 Å². The zero-order chi connectivity index (χ0) is 14.4. The van der Waals surface area contributed by atoms with Gasteiger partial charge in [0.15, 0.2) is 0 Å². The Labute approximate surface area is 118 Å². The maximum Gasteiger partial charge on any atom is 0.514 e. The fraction of sp³-hybridized carbons (Fsp3) is 0.429. The fourth-order valence-electron chi connectivity index (χ4n) is 2.03. The molecule has 6 heteroatoms. The highest BCUT2D eigenvalue weighted by Crippen LogP contribution is 2.36. The van der Waals surface area contributed by atoms with Crippen LogP contribution >= 0.6 is 0 Å². The van der Waals surface area contributed by atoms with Crippen molar-refractivity contribution in [3.63, 3.8) is 0 Å². The molecule has 0 unspecified atom stereocenters. The van der Waals surface area contributed by atoms with Crippen LogP contribution in [0.2, 0.25) is 0 Å². The topological polar surface area (TPSA) is 57.4 Å². The zero-order valence-electron chi connectivity index (χ0n) is 12.1. The Bertz CT molecular complexity index is 595. The van der Waals surface area contributed by atoms with Crippen molar-refractivity contribution in [1.82, 2.24) is 9.97 Å². The number of hydrogen-bond acceptors (Lipinski definition) is 5. The second kappa shape index (κ2) is 4.43. The van der Waals surface area contributed by atoms with Crippen LogP contribution in [0.4, 0.5) is 0 Å². The van der Waals surface area contributed by atoms with Gasteiger partial charge in [-0.1, -0.05) is 0 Å². The van der Waals surface area contributed by atoms with Crippen LogP contribution in [0.1, 0.15) is 27.7 Å². The molecule has 5 nitrogen and oxygen atoms in total. The monoisotopic (exact) mass is 272 g/mol. The first-order valence-corrected chi connectivity index (χ1v) is 6.59. The molecule has 0 atom stereocenters. The summed E-state index contributed by atoms with van der Waals surface area (Å²) in [6.07, 6.45) is 4.78. The van der Waals surface area contributed by atoms with Gasteiger partial charge in [-0.2, -0.15) is 0 Å². The van der Waals surface area contributed by atoms with Crippen LogP contribution in [-0.2, 0) is 9.31 Å². The number of rotatable bonds is 2. The minimum Gasteiger partial charge on any atom is -0.472 e. The lowest BCUT2D eigenvalue weighted by molar-refractivity contribution is 0.00578. The van der Waals surface area contributed by atoms with E-state index in [9.17, 15) is 0 Å². The van der Waals surface area contributed by atoms with Gasteiger partial charge in [-0.15, -0.1) is 0 Å². The van der Waals surface area contributed by atoms with Crippen LogP contribution in [0.3, 0.4) is 0 Å². The van der Waals surface area contributed by atoms with Gasteiger partial charge in [-0.3, -0.25) is 0 Å². The van der Waals surface area contributed by atoms with Crippen molar-refractivity contribution < 1.29 is 13.7 Å². The summed E-state index contributed by atoms with van der Waals surface area (Å²) in [6.45, 7) is 8.08. The molecule has 20 heavy (non-hydrogen) atoms. The summed E-state index contributed by atoms with van der Waals surface area (Å²) in [6, 6.07) is 3.73. The molecule has 1 saturated heterocycles. The fourth-order valence-corrected chi connectivity index (χ4v) is 2.03. The number of furan rings is 1. The van der Waals surface area contributed by atoms with Crippen LogP contribution in [-0.4, -0.2) is 28.3 Å². The lowest BCUT2D eigenvalue weighted by atomic mass is 9.84. The van der Waals surface area contributed by atoms with E-state index < -0.39 is 7.12 Å². The van der Waals surface area contributed by atoms with Crippen molar-refractivity contribution in [3.8, 4) is 11.3 Å². The van der Waals surface area contributed by atoms with E-state index in [1.165, 1.54) is 6.33 Å². The molecule has 1 aliphatic rings. The molecule has 104 valence electrons. The summed E-state index contributed by atoms with van der Waals surface area (Å²) in [7, 11) is -0.478. The van der Waals surface area contributed by atoms with Crippen molar-refractivity contribution in [1.29, 1.82) is 0 Å². The lowest BCUT2D eigenvalue weighted by Crippen LogP contribution is -2.41. The second-order valence-electron chi connectivity index (χ2n) is 5.93. The molecule has 1 fully saturated rings. The highest BCUT2D eigenvalue weighted by Gasteiger charge is 2.52. The normalized spacial score (nSPS) is 20.3. The lowest BCUT2D eigenvalue weighted by Gasteiger charge is -2.32. The summed E-state index contributed by atoms with van der Waals surface area (Å²) in [5, 5.41) is 0. The molecular weight excluding hydrogens is 255 g/mol. The quantitative estimate of drug-likeness (QED) is 0.783. The predicted molar refractivity (Wildman–Crippen MR) is 75.5 cm³/mol. The Kier molecular flexibility index (Phi) is 2.95. The Morgan fingerprint density at radius 3 is 2.35 bits per heavy atom. The molecule has 0 N–H and O–H groups in total. The zero-order valence-corrected chi connectivity index (χ0v) is 12.1. The van der Waals surface area contributed by atoms with E-state index in [1.807, 2.05) is 39.8 Å². The van der Waals surface area contributed by atoms with Gasteiger partial charge in [0.1, 0.15) is 6.33 Å². The molecule has 2 aromatic heterocycles. The first kappa shape index (κ1) is 13.3. The molecule has 0 spiro atoms. The maximum absolute atomic E-state index is 5.99. The van der Waals surface area contributed by atoms with Gasteiger partial charge in [0.25, 0.3) is 0 Å². The van der Waals surface area contributed by atoms with Crippen molar-refractivity contribution >= 4 is 12.7 Å². The third-order valence-corrected chi connectivity index (χ3v) is 4.00. The average Bonchev–Trinajstić information content (AvgIpc) is 2.97. The van der Waals surface area contributed by atoms with Crippen molar-refractivity contribution in [3.05, 3.63) is 31.0 Å².